The van der Waals surface area contributed by atoms with Gasteiger partial charge in [-0.1, -0.05) is 29.8 Å². The Kier molecular flexibility index (Phi) is 4.21. The molecule has 0 spiro atoms. The Morgan fingerprint density at radius 2 is 1.92 bits per heavy atom. The molecule has 1 aliphatic carbocycles. The van der Waals surface area contributed by atoms with Gasteiger partial charge in [0.15, 0.2) is 0 Å². The Balaban J connectivity index is 1.53. The van der Waals surface area contributed by atoms with Crippen LogP contribution in [0, 0.1) is 18.8 Å². The van der Waals surface area contributed by atoms with Crippen LogP contribution in [0.3, 0.4) is 0 Å². The van der Waals surface area contributed by atoms with Crippen molar-refractivity contribution in [2.24, 2.45) is 11.8 Å². The highest BCUT2D eigenvalue weighted by Crippen LogP contribution is 2.48. The molecule has 3 atom stereocenters. The average molecular weight is 338 g/mol. The number of likely N-dealkylation sites (tertiary alicyclic amines) is 1. The summed E-state index contributed by atoms with van der Waals surface area (Å²) in [4.78, 5) is 10.6. The first-order chi connectivity index (χ1) is 12.0. The molecule has 0 bridgehead atoms. The van der Waals surface area contributed by atoms with Gasteiger partial charge < -0.3 is 10.8 Å². The maximum atomic E-state index is 11.6. The van der Waals surface area contributed by atoms with Gasteiger partial charge in [-0.05, 0) is 37.7 Å². The average Bonchev–Trinajstić information content (AvgIpc) is 3.02. The highest BCUT2D eigenvalue weighted by atomic mass is 16.3. The van der Waals surface area contributed by atoms with Crippen LogP contribution in [0.5, 0.6) is 0 Å². The number of anilines is 1. The van der Waals surface area contributed by atoms with Crippen molar-refractivity contribution in [3.8, 4) is 0 Å². The second-order valence-electron chi connectivity index (χ2n) is 7.69. The summed E-state index contributed by atoms with van der Waals surface area (Å²) in [5, 5.41) is 11.6. The number of nitrogens with zero attached hydrogens (tertiary/aromatic N) is 3. The second-order valence-corrected chi connectivity index (χ2v) is 7.69. The van der Waals surface area contributed by atoms with Crippen LogP contribution in [0.25, 0.3) is 0 Å². The summed E-state index contributed by atoms with van der Waals surface area (Å²) in [5.74, 6) is 1.15. The molecule has 2 heterocycles. The first-order valence-corrected chi connectivity index (χ1v) is 9.13. The fourth-order valence-corrected chi connectivity index (χ4v) is 4.65. The van der Waals surface area contributed by atoms with Crippen LogP contribution >= 0.6 is 0 Å². The van der Waals surface area contributed by atoms with E-state index in [1.807, 2.05) is 0 Å². The van der Waals surface area contributed by atoms with E-state index in [0.717, 1.165) is 43.6 Å². The Morgan fingerprint density at radius 1 is 1.20 bits per heavy atom. The van der Waals surface area contributed by atoms with Gasteiger partial charge in [-0.25, -0.2) is 9.97 Å². The van der Waals surface area contributed by atoms with E-state index in [-0.39, 0.29) is 0 Å². The lowest BCUT2D eigenvalue weighted by Gasteiger charge is -2.41. The molecule has 2 fully saturated rings. The van der Waals surface area contributed by atoms with E-state index in [2.05, 4.69) is 46.1 Å². The van der Waals surface area contributed by atoms with Gasteiger partial charge in [-0.3, -0.25) is 4.90 Å². The zero-order valence-corrected chi connectivity index (χ0v) is 14.7. The summed E-state index contributed by atoms with van der Waals surface area (Å²) in [6.45, 7) is 4.85. The van der Waals surface area contributed by atoms with Crippen LogP contribution in [0.4, 0.5) is 5.95 Å². The molecule has 0 unspecified atom stereocenters. The van der Waals surface area contributed by atoms with Crippen molar-refractivity contribution in [2.45, 2.75) is 38.3 Å². The van der Waals surface area contributed by atoms with E-state index in [1.54, 1.807) is 12.4 Å². The molecule has 3 N–H and O–H groups in total. The van der Waals surface area contributed by atoms with Crippen molar-refractivity contribution < 1.29 is 5.11 Å². The molecule has 1 saturated heterocycles. The smallest absolute Gasteiger partial charge is 0.219 e. The van der Waals surface area contributed by atoms with Gasteiger partial charge in [-0.15, -0.1) is 0 Å². The van der Waals surface area contributed by atoms with Gasteiger partial charge in [0.1, 0.15) is 0 Å². The van der Waals surface area contributed by atoms with Crippen molar-refractivity contribution in [2.75, 3.05) is 18.8 Å². The number of nitrogen functional groups attached to an aromatic ring is 1. The van der Waals surface area contributed by atoms with Crippen LogP contribution < -0.4 is 5.73 Å². The number of rotatable bonds is 3. The molecule has 0 amide bonds. The van der Waals surface area contributed by atoms with E-state index in [4.69, 9.17) is 5.73 Å². The zero-order valence-electron chi connectivity index (χ0n) is 14.7. The van der Waals surface area contributed by atoms with E-state index < -0.39 is 5.60 Å². The van der Waals surface area contributed by atoms with Gasteiger partial charge in [-0.2, -0.15) is 0 Å². The number of aryl methyl sites for hydroxylation is 1. The number of fused-ring (bicyclic) bond motifs is 1. The molecule has 25 heavy (non-hydrogen) atoms. The van der Waals surface area contributed by atoms with Crippen LogP contribution in [-0.2, 0) is 12.1 Å². The molecule has 2 aromatic rings. The summed E-state index contributed by atoms with van der Waals surface area (Å²) in [7, 11) is 0. The van der Waals surface area contributed by atoms with Crippen molar-refractivity contribution in [1.29, 1.82) is 0 Å². The quantitative estimate of drug-likeness (QED) is 0.899. The van der Waals surface area contributed by atoms with Crippen molar-refractivity contribution >= 4 is 5.95 Å². The summed E-state index contributed by atoms with van der Waals surface area (Å²) >= 11 is 0. The van der Waals surface area contributed by atoms with Crippen molar-refractivity contribution in [3.63, 3.8) is 0 Å². The molecule has 1 saturated carbocycles. The maximum Gasteiger partial charge on any atom is 0.219 e. The molecule has 4 rings (SSSR count). The van der Waals surface area contributed by atoms with Crippen LogP contribution in [0.1, 0.15) is 36.0 Å². The first kappa shape index (κ1) is 16.5. The summed E-state index contributed by atoms with van der Waals surface area (Å²) in [6.07, 6.45) is 6.75. The third-order valence-corrected chi connectivity index (χ3v) is 5.95. The summed E-state index contributed by atoms with van der Waals surface area (Å²) in [6, 6.07) is 8.42. The molecule has 1 aromatic heterocycles. The van der Waals surface area contributed by atoms with E-state index in [9.17, 15) is 5.11 Å². The minimum atomic E-state index is -0.705. The largest absolute Gasteiger partial charge is 0.385 e. The van der Waals surface area contributed by atoms with Gasteiger partial charge in [0.25, 0.3) is 0 Å². The van der Waals surface area contributed by atoms with E-state index >= 15 is 0 Å². The highest BCUT2D eigenvalue weighted by Gasteiger charge is 2.49. The zero-order chi connectivity index (χ0) is 17.4. The highest BCUT2D eigenvalue weighted by molar-refractivity contribution is 5.29. The summed E-state index contributed by atoms with van der Waals surface area (Å²) in [5.41, 5.74) is 8.25. The fourth-order valence-electron chi connectivity index (χ4n) is 4.65. The molecule has 5 nitrogen and oxygen atoms in total. The lowest BCUT2D eigenvalue weighted by Crippen LogP contribution is -2.42. The number of benzene rings is 1. The van der Waals surface area contributed by atoms with Crippen LogP contribution in [-0.4, -0.2) is 33.1 Å². The minimum absolute atomic E-state index is 0.290. The maximum absolute atomic E-state index is 11.6. The molecule has 1 aromatic carbocycles. The lowest BCUT2D eigenvalue weighted by atomic mass is 9.67. The normalized spacial score (nSPS) is 29.5. The van der Waals surface area contributed by atoms with Crippen molar-refractivity contribution in [1.82, 2.24) is 14.9 Å². The van der Waals surface area contributed by atoms with Crippen molar-refractivity contribution in [3.05, 3.63) is 53.3 Å². The Labute approximate surface area is 148 Å². The minimum Gasteiger partial charge on any atom is -0.385 e. The monoisotopic (exact) mass is 338 g/mol. The topological polar surface area (TPSA) is 75.3 Å². The number of aliphatic hydroxyl groups is 1. The Bertz CT molecular complexity index is 730. The molecule has 5 heteroatoms. The number of hydrogen-bond donors (Lipinski definition) is 2. The molecule has 2 aliphatic rings. The van der Waals surface area contributed by atoms with E-state index in [1.165, 1.54) is 12.0 Å². The predicted molar refractivity (Wildman–Crippen MR) is 97.6 cm³/mol. The van der Waals surface area contributed by atoms with Gasteiger partial charge in [0.2, 0.25) is 5.95 Å². The molecule has 0 radical (unpaired) electrons. The fraction of sp³-hybridized carbons (Fsp3) is 0.500. The molecule has 132 valence electrons. The lowest BCUT2D eigenvalue weighted by molar-refractivity contribution is -0.0648. The predicted octanol–water partition coefficient (Wildman–Crippen LogP) is 2.49. The number of aromatic nitrogens is 2. The Hall–Kier alpha value is -1.98. The molecule has 1 aliphatic heterocycles. The Morgan fingerprint density at radius 3 is 2.64 bits per heavy atom. The van der Waals surface area contributed by atoms with Crippen LogP contribution in [0.2, 0.25) is 0 Å². The molecular weight excluding hydrogens is 312 g/mol. The second kappa shape index (κ2) is 6.39. The van der Waals surface area contributed by atoms with Gasteiger partial charge >= 0.3 is 0 Å². The SMILES string of the molecule is Cc1ccc([C@]2(O)CCC[C@@H]3CN(Cc4cnc(N)nc4)C[C@H]32)cc1. The summed E-state index contributed by atoms with van der Waals surface area (Å²) < 4.78 is 0. The standard InChI is InChI=1S/C20H26N4O/c1-14-4-6-17(7-5-14)20(25)8-2-3-16-12-24(13-18(16)20)11-15-9-22-19(21)23-10-15/h4-7,9-10,16,18,25H,2-3,8,11-13H2,1H3,(H2,21,22,23)/t16-,18-,20-/m1/s1. The van der Waals surface area contributed by atoms with Gasteiger partial charge in [0.05, 0.1) is 5.60 Å². The third-order valence-electron chi connectivity index (χ3n) is 5.95. The first-order valence-electron chi connectivity index (χ1n) is 9.13. The number of nitrogens with two attached hydrogens (primary N) is 1. The number of hydrogen-bond acceptors (Lipinski definition) is 5. The van der Waals surface area contributed by atoms with Gasteiger partial charge in [0, 0.05) is 43.5 Å². The molecular formula is C20H26N4O. The van der Waals surface area contributed by atoms with Crippen LogP contribution in [0.15, 0.2) is 36.7 Å². The third kappa shape index (κ3) is 3.14. The van der Waals surface area contributed by atoms with E-state index in [0.29, 0.717) is 17.8 Å².